The van der Waals surface area contributed by atoms with Crippen LogP contribution in [0.2, 0.25) is 0 Å². The van der Waals surface area contributed by atoms with Crippen LogP contribution in [0.4, 0.5) is 14.5 Å². The lowest BCUT2D eigenvalue weighted by atomic mass is 10.0. The summed E-state index contributed by atoms with van der Waals surface area (Å²) in [5.41, 5.74) is 1.81. The Morgan fingerprint density at radius 3 is 2.33 bits per heavy atom. The molecule has 0 aliphatic heterocycles. The van der Waals surface area contributed by atoms with Gasteiger partial charge in [-0.1, -0.05) is 49.4 Å². The third-order valence-electron chi connectivity index (χ3n) is 3.28. The van der Waals surface area contributed by atoms with E-state index in [2.05, 4.69) is 29.1 Å². The van der Waals surface area contributed by atoms with Gasteiger partial charge in [0.15, 0.2) is 0 Å². The zero-order valence-corrected chi connectivity index (χ0v) is 11.9. The summed E-state index contributed by atoms with van der Waals surface area (Å²) in [5.74, 6) is 0.180. The highest BCUT2D eigenvalue weighted by Gasteiger charge is 2.13. The molecule has 0 amide bonds. The van der Waals surface area contributed by atoms with Crippen LogP contribution in [0, 0.1) is 0 Å². The van der Waals surface area contributed by atoms with Crippen LogP contribution in [0.15, 0.2) is 54.6 Å². The fourth-order valence-electron chi connectivity index (χ4n) is 2.20. The number of nitrogens with one attached hydrogen (secondary N) is 1. The molecule has 0 radical (unpaired) electrons. The zero-order chi connectivity index (χ0) is 15.1. The van der Waals surface area contributed by atoms with Gasteiger partial charge in [-0.25, -0.2) is 0 Å². The molecule has 0 heterocycles. The first kappa shape index (κ1) is 15.3. The van der Waals surface area contributed by atoms with Gasteiger partial charge in [-0.15, -0.1) is 0 Å². The van der Waals surface area contributed by atoms with E-state index in [1.165, 1.54) is 5.56 Å². The summed E-state index contributed by atoms with van der Waals surface area (Å²) < 4.78 is 29.4. The summed E-state index contributed by atoms with van der Waals surface area (Å²) in [6, 6.07) is 17.0. The molecule has 0 spiro atoms. The number of rotatable bonds is 7. The second-order valence-electron chi connectivity index (χ2n) is 4.81. The van der Waals surface area contributed by atoms with Crippen LogP contribution >= 0.6 is 0 Å². The van der Waals surface area contributed by atoms with Crippen molar-refractivity contribution in [3.8, 4) is 5.75 Å². The lowest BCUT2D eigenvalue weighted by Crippen LogP contribution is -2.22. The minimum Gasteiger partial charge on any atom is -0.433 e. The highest BCUT2D eigenvalue weighted by Crippen LogP contribution is 2.27. The monoisotopic (exact) mass is 291 g/mol. The minimum absolute atomic E-state index is 0.162. The Bertz CT molecular complexity index is 545. The number of anilines is 1. The second kappa shape index (κ2) is 7.62. The first-order valence-electron chi connectivity index (χ1n) is 7.03. The normalized spacial score (nSPS) is 12.2. The van der Waals surface area contributed by atoms with Crippen molar-refractivity contribution in [3.05, 3.63) is 60.2 Å². The molecule has 0 aliphatic rings. The number of ether oxygens (including phenoxy) is 1. The summed E-state index contributed by atoms with van der Waals surface area (Å²) >= 11 is 0. The molecule has 0 fully saturated rings. The average Bonchev–Trinajstić information content (AvgIpc) is 2.49. The second-order valence-corrected chi connectivity index (χ2v) is 4.81. The quantitative estimate of drug-likeness (QED) is 0.797. The smallest absolute Gasteiger partial charge is 0.387 e. The van der Waals surface area contributed by atoms with Gasteiger partial charge in [-0.2, -0.15) is 8.78 Å². The van der Waals surface area contributed by atoms with Gasteiger partial charge in [-0.05, 0) is 30.5 Å². The third-order valence-corrected chi connectivity index (χ3v) is 3.28. The third kappa shape index (κ3) is 4.74. The Balaban J connectivity index is 2.08. The molecular weight excluding hydrogens is 272 g/mol. The van der Waals surface area contributed by atoms with Crippen LogP contribution in [-0.2, 0) is 6.42 Å². The van der Waals surface area contributed by atoms with Crippen LogP contribution in [0.1, 0.15) is 18.9 Å². The number of para-hydroxylation sites is 2. The molecule has 2 aromatic rings. The van der Waals surface area contributed by atoms with Crippen LogP contribution in [0.5, 0.6) is 5.75 Å². The molecule has 1 atom stereocenters. The molecule has 2 nitrogen and oxygen atoms in total. The van der Waals surface area contributed by atoms with E-state index in [1.54, 1.807) is 24.3 Å². The highest BCUT2D eigenvalue weighted by atomic mass is 19.3. The fraction of sp³-hybridized carbons (Fsp3) is 0.294. The predicted molar refractivity (Wildman–Crippen MR) is 80.9 cm³/mol. The largest absolute Gasteiger partial charge is 0.433 e. The van der Waals surface area contributed by atoms with E-state index in [1.807, 2.05) is 18.2 Å². The summed E-state index contributed by atoms with van der Waals surface area (Å²) in [6.45, 7) is -0.751. The van der Waals surface area contributed by atoms with Crippen molar-refractivity contribution < 1.29 is 13.5 Å². The first-order valence-corrected chi connectivity index (χ1v) is 7.03. The van der Waals surface area contributed by atoms with Crippen LogP contribution in [0.25, 0.3) is 0 Å². The molecule has 2 aromatic carbocycles. The Labute approximate surface area is 123 Å². The lowest BCUT2D eigenvalue weighted by molar-refractivity contribution is -0.0493. The van der Waals surface area contributed by atoms with Gasteiger partial charge in [0.2, 0.25) is 0 Å². The molecule has 21 heavy (non-hydrogen) atoms. The number of alkyl halides is 2. The maximum absolute atomic E-state index is 12.4. The van der Waals surface area contributed by atoms with Crippen molar-refractivity contribution in [2.75, 3.05) is 5.32 Å². The van der Waals surface area contributed by atoms with E-state index >= 15 is 0 Å². The highest BCUT2D eigenvalue weighted by molar-refractivity contribution is 5.56. The summed E-state index contributed by atoms with van der Waals surface area (Å²) in [6.07, 6.45) is 1.72. The minimum atomic E-state index is -2.82. The SMILES string of the molecule is CCC(Cc1ccccc1)Nc1ccccc1OC(F)F. The molecule has 112 valence electrons. The number of halogens is 2. The molecule has 4 heteroatoms. The van der Waals surface area contributed by atoms with E-state index in [0.717, 1.165) is 12.8 Å². The van der Waals surface area contributed by atoms with Gasteiger partial charge >= 0.3 is 6.61 Å². The van der Waals surface area contributed by atoms with Gasteiger partial charge in [0.1, 0.15) is 5.75 Å². The molecule has 0 saturated heterocycles. The summed E-state index contributed by atoms with van der Waals surface area (Å²) in [4.78, 5) is 0. The summed E-state index contributed by atoms with van der Waals surface area (Å²) in [7, 11) is 0. The van der Waals surface area contributed by atoms with Crippen LogP contribution in [-0.4, -0.2) is 12.7 Å². The van der Waals surface area contributed by atoms with Crippen LogP contribution in [0.3, 0.4) is 0 Å². The molecule has 0 bridgehead atoms. The van der Waals surface area contributed by atoms with E-state index in [9.17, 15) is 8.78 Å². The van der Waals surface area contributed by atoms with Crippen molar-refractivity contribution in [2.24, 2.45) is 0 Å². The van der Waals surface area contributed by atoms with Gasteiger partial charge in [0.05, 0.1) is 5.69 Å². The van der Waals surface area contributed by atoms with Crippen molar-refractivity contribution in [2.45, 2.75) is 32.4 Å². The van der Waals surface area contributed by atoms with E-state index in [4.69, 9.17) is 0 Å². The Hall–Kier alpha value is -2.10. The lowest BCUT2D eigenvalue weighted by Gasteiger charge is -2.20. The van der Waals surface area contributed by atoms with Gasteiger partial charge in [0, 0.05) is 6.04 Å². The number of hydrogen-bond acceptors (Lipinski definition) is 2. The van der Waals surface area contributed by atoms with Gasteiger partial charge in [0.25, 0.3) is 0 Å². The summed E-state index contributed by atoms with van der Waals surface area (Å²) in [5, 5.41) is 3.29. The van der Waals surface area contributed by atoms with E-state index < -0.39 is 6.61 Å². The molecule has 1 unspecified atom stereocenters. The van der Waals surface area contributed by atoms with Gasteiger partial charge < -0.3 is 10.1 Å². The van der Waals surface area contributed by atoms with Gasteiger partial charge in [-0.3, -0.25) is 0 Å². The van der Waals surface area contributed by atoms with E-state index in [-0.39, 0.29) is 11.8 Å². The standard InChI is InChI=1S/C17H19F2NO/c1-2-14(12-13-8-4-3-5-9-13)20-15-10-6-7-11-16(15)21-17(18)19/h3-11,14,17,20H,2,12H2,1H3. The molecule has 0 aliphatic carbocycles. The molecular formula is C17H19F2NO. The topological polar surface area (TPSA) is 21.3 Å². The Morgan fingerprint density at radius 2 is 1.67 bits per heavy atom. The fourth-order valence-corrected chi connectivity index (χ4v) is 2.20. The van der Waals surface area contributed by atoms with Crippen molar-refractivity contribution in [3.63, 3.8) is 0 Å². The van der Waals surface area contributed by atoms with Crippen LogP contribution < -0.4 is 10.1 Å². The average molecular weight is 291 g/mol. The molecule has 1 N–H and O–H groups in total. The first-order chi connectivity index (χ1) is 10.2. The van der Waals surface area contributed by atoms with E-state index in [0.29, 0.717) is 5.69 Å². The van der Waals surface area contributed by atoms with Crippen molar-refractivity contribution in [1.82, 2.24) is 0 Å². The number of hydrogen-bond donors (Lipinski definition) is 1. The maximum Gasteiger partial charge on any atom is 0.387 e. The predicted octanol–water partition coefficient (Wildman–Crippen LogP) is 4.72. The van der Waals surface area contributed by atoms with Crippen molar-refractivity contribution >= 4 is 5.69 Å². The molecule has 2 rings (SSSR count). The number of benzene rings is 2. The molecule has 0 aromatic heterocycles. The zero-order valence-electron chi connectivity index (χ0n) is 11.9. The Kier molecular flexibility index (Phi) is 5.55. The Morgan fingerprint density at radius 1 is 1.00 bits per heavy atom. The van der Waals surface area contributed by atoms with Crippen molar-refractivity contribution in [1.29, 1.82) is 0 Å². The molecule has 0 saturated carbocycles. The maximum atomic E-state index is 12.4.